The summed E-state index contributed by atoms with van der Waals surface area (Å²) in [6.45, 7) is 3.83. The van der Waals surface area contributed by atoms with Gasteiger partial charge < -0.3 is 8.83 Å². The number of hydrogen-bond donors (Lipinski definition) is 0. The van der Waals surface area contributed by atoms with E-state index in [2.05, 4.69) is 0 Å². The molecule has 0 aliphatic rings. The van der Waals surface area contributed by atoms with E-state index in [1.54, 1.807) is 6.07 Å². The summed E-state index contributed by atoms with van der Waals surface area (Å²) in [4.78, 5) is 25.4. The Bertz CT molecular complexity index is 1410. The number of hydrogen-bond acceptors (Lipinski definition) is 4. The van der Waals surface area contributed by atoms with Crippen LogP contribution in [0.1, 0.15) is 11.1 Å². The van der Waals surface area contributed by atoms with Crippen LogP contribution in [0.5, 0.6) is 0 Å². The van der Waals surface area contributed by atoms with E-state index >= 15 is 0 Å². The molecule has 0 radical (unpaired) electrons. The van der Waals surface area contributed by atoms with E-state index in [1.807, 2.05) is 80.6 Å². The molecule has 2 aromatic heterocycles. The maximum absolute atomic E-state index is 12.7. The van der Waals surface area contributed by atoms with Gasteiger partial charge in [0.15, 0.2) is 0 Å². The highest BCUT2D eigenvalue weighted by Crippen LogP contribution is 2.33. The molecule has 0 spiro atoms. The van der Waals surface area contributed by atoms with Crippen LogP contribution in [0.4, 0.5) is 0 Å². The Morgan fingerprint density at radius 1 is 0.567 bits per heavy atom. The SMILES string of the molecule is Cc1c(-c2ccccc2)c(=O)oc2cc3oc(=O)c(-c4ccccc4)c(C)c3cc12. The van der Waals surface area contributed by atoms with E-state index in [9.17, 15) is 9.59 Å². The lowest BCUT2D eigenvalue weighted by atomic mass is 9.96. The molecule has 3 aromatic carbocycles. The maximum atomic E-state index is 12.7. The van der Waals surface area contributed by atoms with Crippen LogP contribution in [-0.4, -0.2) is 0 Å². The van der Waals surface area contributed by atoms with Gasteiger partial charge in [0.1, 0.15) is 11.2 Å². The Morgan fingerprint density at radius 3 is 1.37 bits per heavy atom. The summed E-state index contributed by atoms with van der Waals surface area (Å²) in [7, 11) is 0. The van der Waals surface area contributed by atoms with Gasteiger partial charge in [-0.25, -0.2) is 9.59 Å². The summed E-state index contributed by atoms with van der Waals surface area (Å²) in [6, 6.07) is 22.5. The highest BCUT2D eigenvalue weighted by molar-refractivity contribution is 5.99. The van der Waals surface area contributed by atoms with E-state index in [4.69, 9.17) is 8.83 Å². The van der Waals surface area contributed by atoms with Gasteiger partial charge in [0.25, 0.3) is 0 Å². The van der Waals surface area contributed by atoms with Crippen LogP contribution in [0, 0.1) is 13.8 Å². The van der Waals surface area contributed by atoms with Gasteiger partial charge in [-0.05, 0) is 42.2 Å². The molecule has 5 rings (SSSR count). The third-order valence-electron chi connectivity index (χ3n) is 5.58. The van der Waals surface area contributed by atoms with Crippen molar-refractivity contribution in [3.05, 3.63) is 105 Å². The van der Waals surface area contributed by atoms with Gasteiger partial charge >= 0.3 is 11.3 Å². The normalized spacial score (nSPS) is 11.3. The van der Waals surface area contributed by atoms with Crippen molar-refractivity contribution in [1.29, 1.82) is 0 Å². The molecule has 4 heteroatoms. The minimum absolute atomic E-state index is 0.402. The average molecular weight is 394 g/mol. The number of rotatable bonds is 2. The van der Waals surface area contributed by atoms with Crippen molar-refractivity contribution in [3.8, 4) is 22.3 Å². The minimum atomic E-state index is -0.412. The zero-order valence-corrected chi connectivity index (χ0v) is 16.6. The van der Waals surface area contributed by atoms with E-state index in [0.717, 1.165) is 33.0 Å². The van der Waals surface area contributed by atoms with Crippen molar-refractivity contribution < 1.29 is 8.83 Å². The second-order valence-electron chi connectivity index (χ2n) is 7.36. The summed E-state index contributed by atoms with van der Waals surface area (Å²) < 4.78 is 11.2. The van der Waals surface area contributed by atoms with E-state index in [1.165, 1.54) is 0 Å². The first-order chi connectivity index (χ1) is 14.5. The molecule has 0 aliphatic heterocycles. The molecule has 0 fully saturated rings. The molecule has 0 unspecified atom stereocenters. The van der Waals surface area contributed by atoms with Gasteiger partial charge in [0, 0.05) is 16.8 Å². The summed E-state index contributed by atoms with van der Waals surface area (Å²) in [5, 5.41) is 1.63. The highest BCUT2D eigenvalue weighted by atomic mass is 16.4. The lowest BCUT2D eigenvalue weighted by molar-refractivity contribution is 0.551. The van der Waals surface area contributed by atoms with E-state index in [0.29, 0.717) is 22.3 Å². The zero-order valence-electron chi connectivity index (χ0n) is 16.6. The summed E-state index contributed by atoms with van der Waals surface area (Å²) >= 11 is 0. The second-order valence-corrected chi connectivity index (χ2v) is 7.36. The first-order valence-corrected chi connectivity index (χ1v) is 9.70. The van der Waals surface area contributed by atoms with Crippen molar-refractivity contribution in [2.24, 2.45) is 0 Å². The molecule has 5 aromatic rings. The monoisotopic (exact) mass is 394 g/mol. The third kappa shape index (κ3) is 2.77. The van der Waals surface area contributed by atoms with Crippen LogP contribution in [0.25, 0.3) is 44.2 Å². The molecule has 2 heterocycles. The lowest BCUT2D eigenvalue weighted by Crippen LogP contribution is -2.08. The van der Waals surface area contributed by atoms with Gasteiger partial charge in [-0.2, -0.15) is 0 Å². The number of fused-ring (bicyclic) bond motifs is 2. The van der Waals surface area contributed by atoms with Gasteiger partial charge in [0.05, 0.1) is 11.1 Å². The van der Waals surface area contributed by atoms with Crippen LogP contribution < -0.4 is 11.3 Å². The van der Waals surface area contributed by atoms with Crippen molar-refractivity contribution in [1.82, 2.24) is 0 Å². The predicted octanol–water partition coefficient (Wildman–Crippen LogP) is 5.85. The summed E-state index contributed by atoms with van der Waals surface area (Å²) in [5.74, 6) is 0. The Hall–Kier alpha value is -3.92. The molecule has 0 amide bonds. The van der Waals surface area contributed by atoms with Crippen LogP contribution in [0.3, 0.4) is 0 Å². The largest absolute Gasteiger partial charge is 0.422 e. The van der Waals surface area contributed by atoms with Crippen molar-refractivity contribution in [2.45, 2.75) is 13.8 Å². The van der Waals surface area contributed by atoms with Crippen molar-refractivity contribution in [3.63, 3.8) is 0 Å². The molecule has 4 nitrogen and oxygen atoms in total. The van der Waals surface area contributed by atoms with Gasteiger partial charge in [-0.3, -0.25) is 0 Å². The molecule has 0 saturated heterocycles. The van der Waals surface area contributed by atoms with Crippen LogP contribution in [0.15, 0.2) is 91.2 Å². The molecule has 0 aliphatic carbocycles. The second kappa shape index (κ2) is 6.85. The van der Waals surface area contributed by atoms with Crippen LogP contribution in [0.2, 0.25) is 0 Å². The molecule has 146 valence electrons. The molecule has 0 saturated carbocycles. The van der Waals surface area contributed by atoms with E-state index < -0.39 is 11.3 Å². The first kappa shape index (κ1) is 18.1. The molecule has 30 heavy (non-hydrogen) atoms. The quantitative estimate of drug-likeness (QED) is 0.278. The maximum Gasteiger partial charge on any atom is 0.344 e. The van der Waals surface area contributed by atoms with Crippen molar-refractivity contribution >= 4 is 21.9 Å². The Labute approximate surface area is 172 Å². The molecular weight excluding hydrogens is 376 g/mol. The highest BCUT2D eigenvalue weighted by Gasteiger charge is 2.18. The molecule has 0 bridgehead atoms. The smallest absolute Gasteiger partial charge is 0.344 e. The third-order valence-corrected chi connectivity index (χ3v) is 5.58. The van der Waals surface area contributed by atoms with Crippen LogP contribution >= 0.6 is 0 Å². The average Bonchev–Trinajstić information content (AvgIpc) is 2.74. The van der Waals surface area contributed by atoms with E-state index in [-0.39, 0.29) is 0 Å². The van der Waals surface area contributed by atoms with Gasteiger partial charge in [-0.1, -0.05) is 60.7 Å². The molecule has 0 N–H and O–H groups in total. The molecule has 0 atom stereocenters. The Kier molecular flexibility index (Phi) is 4.14. The summed E-state index contributed by atoms with van der Waals surface area (Å²) in [5.41, 5.74) is 4.36. The lowest BCUT2D eigenvalue weighted by Gasteiger charge is -2.11. The fourth-order valence-corrected chi connectivity index (χ4v) is 4.07. The predicted molar refractivity (Wildman–Crippen MR) is 119 cm³/mol. The minimum Gasteiger partial charge on any atom is -0.422 e. The number of benzene rings is 3. The summed E-state index contributed by atoms with van der Waals surface area (Å²) in [6.07, 6.45) is 0. The Balaban J connectivity index is 1.86. The molecular formula is C26H18O4. The van der Waals surface area contributed by atoms with Gasteiger partial charge in [-0.15, -0.1) is 0 Å². The number of aryl methyl sites for hydroxylation is 2. The van der Waals surface area contributed by atoms with Crippen molar-refractivity contribution in [2.75, 3.05) is 0 Å². The first-order valence-electron chi connectivity index (χ1n) is 9.70. The van der Waals surface area contributed by atoms with Gasteiger partial charge in [0.2, 0.25) is 0 Å². The topological polar surface area (TPSA) is 60.4 Å². The standard InChI is InChI=1S/C26H18O4/c1-15-19-13-20-16(2)24(18-11-7-4-8-12-18)26(28)30-22(20)14-21(19)29-25(27)23(15)17-9-5-3-6-10-17/h3-14H,1-2H3. The zero-order chi connectivity index (χ0) is 20.8. The fourth-order valence-electron chi connectivity index (χ4n) is 4.07. The van der Waals surface area contributed by atoms with Crippen LogP contribution in [-0.2, 0) is 0 Å². The Morgan fingerprint density at radius 2 is 0.967 bits per heavy atom. The fraction of sp³-hybridized carbons (Fsp3) is 0.0769.